The number of rotatable bonds is 6. The first-order chi connectivity index (χ1) is 13.3. The Bertz CT molecular complexity index is 912. The highest BCUT2D eigenvalue weighted by Crippen LogP contribution is 2.23. The van der Waals surface area contributed by atoms with Crippen molar-refractivity contribution in [3.8, 4) is 5.75 Å². The summed E-state index contributed by atoms with van der Waals surface area (Å²) >= 11 is 5.98. The Hall–Kier alpha value is -3.06. The summed E-state index contributed by atoms with van der Waals surface area (Å²) < 4.78 is 15.0. The molecule has 2 aromatic rings. The summed E-state index contributed by atoms with van der Waals surface area (Å²) in [5.41, 5.74) is 1.19. The summed E-state index contributed by atoms with van der Waals surface area (Å²) in [6.45, 7) is 3.38. The fourth-order valence-electron chi connectivity index (χ4n) is 2.36. The van der Waals surface area contributed by atoms with Gasteiger partial charge in [-0.05, 0) is 55.8 Å². The van der Waals surface area contributed by atoms with E-state index in [1.807, 2.05) is 6.92 Å². The monoisotopic (exact) mass is 405 g/mol. The number of halogens is 1. The third-order valence-corrected chi connectivity index (χ3v) is 4.34. The Kier molecular flexibility index (Phi) is 7.00. The lowest BCUT2D eigenvalue weighted by Crippen LogP contribution is -2.31. The van der Waals surface area contributed by atoms with Crippen LogP contribution in [0.5, 0.6) is 5.75 Å². The van der Waals surface area contributed by atoms with Crippen LogP contribution in [0.15, 0.2) is 36.4 Å². The van der Waals surface area contributed by atoms with Crippen molar-refractivity contribution in [3.05, 3.63) is 58.1 Å². The molecule has 148 valence electrons. The molecule has 0 fully saturated rings. The van der Waals surface area contributed by atoms with Crippen LogP contribution >= 0.6 is 11.6 Å². The largest absolute Gasteiger partial charge is 0.481 e. The minimum absolute atomic E-state index is 0.0954. The fourth-order valence-corrected chi connectivity index (χ4v) is 2.48. The second-order valence-corrected chi connectivity index (χ2v) is 6.31. The first-order valence-electron chi connectivity index (χ1n) is 8.31. The maximum absolute atomic E-state index is 12.6. The number of nitrogens with one attached hydrogen (secondary N) is 1. The fraction of sp³-hybridized carbons (Fsp3) is 0.250. The molecule has 2 aromatic carbocycles. The molecule has 0 saturated heterocycles. The average molecular weight is 406 g/mol. The van der Waals surface area contributed by atoms with Crippen LogP contribution in [0.3, 0.4) is 0 Å². The highest BCUT2D eigenvalue weighted by atomic mass is 35.5. The van der Waals surface area contributed by atoms with Crippen LogP contribution in [0.2, 0.25) is 5.02 Å². The van der Waals surface area contributed by atoms with Crippen LogP contribution in [0, 0.1) is 6.92 Å². The third kappa shape index (κ3) is 5.01. The zero-order valence-corrected chi connectivity index (χ0v) is 16.6. The molecule has 1 N–H and O–H groups in total. The van der Waals surface area contributed by atoms with Crippen LogP contribution < -0.4 is 10.1 Å². The summed E-state index contributed by atoms with van der Waals surface area (Å²) in [5, 5.41) is 3.18. The van der Waals surface area contributed by atoms with Gasteiger partial charge in [-0.3, -0.25) is 4.79 Å². The summed E-state index contributed by atoms with van der Waals surface area (Å²) in [7, 11) is 2.45. The Morgan fingerprint density at radius 2 is 1.68 bits per heavy atom. The lowest BCUT2D eigenvalue weighted by atomic mass is 10.1. The van der Waals surface area contributed by atoms with Crippen molar-refractivity contribution >= 4 is 35.1 Å². The van der Waals surface area contributed by atoms with Crippen molar-refractivity contribution < 1.29 is 28.6 Å². The Morgan fingerprint density at radius 1 is 1.00 bits per heavy atom. The van der Waals surface area contributed by atoms with Crippen LogP contribution in [-0.4, -0.2) is 38.2 Å². The second kappa shape index (κ2) is 9.23. The smallest absolute Gasteiger partial charge is 0.339 e. The van der Waals surface area contributed by atoms with E-state index < -0.39 is 23.9 Å². The molecule has 0 aromatic heterocycles. The number of benzene rings is 2. The molecule has 0 aliphatic carbocycles. The van der Waals surface area contributed by atoms with Crippen LogP contribution in [0.1, 0.15) is 33.2 Å². The maximum Gasteiger partial charge on any atom is 0.339 e. The quantitative estimate of drug-likeness (QED) is 0.738. The standard InChI is InChI=1S/C20H20ClNO6/c1-11-9-14(6-8-16(11)21)28-12(2)18(23)22-17-10-13(19(24)26-3)5-7-15(17)20(25)27-4/h5-10,12H,1-4H3,(H,22,23)/t12-/m0/s1. The zero-order valence-electron chi connectivity index (χ0n) is 15.9. The van der Waals surface area contributed by atoms with Crippen molar-refractivity contribution in [2.24, 2.45) is 0 Å². The molecule has 0 saturated carbocycles. The van der Waals surface area contributed by atoms with Crippen LogP contribution in [-0.2, 0) is 14.3 Å². The minimum atomic E-state index is -0.882. The van der Waals surface area contributed by atoms with Gasteiger partial charge in [0.15, 0.2) is 6.10 Å². The van der Waals surface area contributed by atoms with E-state index in [2.05, 4.69) is 10.1 Å². The number of amides is 1. The highest BCUT2D eigenvalue weighted by Gasteiger charge is 2.21. The Balaban J connectivity index is 2.23. The lowest BCUT2D eigenvalue weighted by Gasteiger charge is -2.17. The molecule has 0 unspecified atom stereocenters. The number of aryl methyl sites for hydroxylation is 1. The zero-order chi connectivity index (χ0) is 20.8. The molecule has 7 nitrogen and oxygen atoms in total. The van der Waals surface area contributed by atoms with Gasteiger partial charge in [0.2, 0.25) is 0 Å². The van der Waals surface area contributed by atoms with E-state index in [1.54, 1.807) is 25.1 Å². The van der Waals surface area contributed by atoms with E-state index >= 15 is 0 Å². The first-order valence-corrected chi connectivity index (χ1v) is 8.69. The van der Waals surface area contributed by atoms with Crippen molar-refractivity contribution in [1.29, 1.82) is 0 Å². The summed E-state index contributed by atoms with van der Waals surface area (Å²) in [4.78, 5) is 36.3. The summed E-state index contributed by atoms with van der Waals surface area (Å²) in [5.74, 6) is -1.30. The van der Waals surface area contributed by atoms with Crippen LogP contribution in [0.25, 0.3) is 0 Å². The van der Waals surface area contributed by atoms with Gasteiger partial charge in [-0.1, -0.05) is 11.6 Å². The van der Waals surface area contributed by atoms with E-state index in [-0.39, 0.29) is 16.8 Å². The number of ether oxygens (including phenoxy) is 3. The molecule has 8 heteroatoms. The molecule has 0 heterocycles. The van der Waals surface area contributed by atoms with Gasteiger partial charge in [-0.2, -0.15) is 0 Å². The molecule has 0 radical (unpaired) electrons. The second-order valence-electron chi connectivity index (χ2n) is 5.90. The normalized spacial score (nSPS) is 11.3. The topological polar surface area (TPSA) is 90.9 Å². The molecule has 1 amide bonds. The predicted octanol–water partition coefficient (Wildman–Crippen LogP) is 3.63. The Morgan fingerprint density at radius 3 is 2.29 bits per heavy atom. The van der Waals surface area contributed by atoms with Crippen molar-refractivity contribution in [2.45, 2.75) is 20.0 Å². The maximum atomic E-state index is 12.6. The molecular weight excluding hydrogens is 386 g/mol. The number of esters is 2. The number of hydrogen-bond donors (Lipinski definition) is 1. The minimum Gasteiger partial charge on any atom is -0.481 e. The molecule has 0 bridgehead atoms. The molecule has 28 heavy (non-hydrogen) atoms. The molecular formula is C20H20ClNO6. The molecule has 0 aliphatic heterocycles. The average Bonchev–Trinajstić information content (AvgIpc) is 2.69. The lowest BCUT2D eigenvalue weighted by molar-refractivity contribution is -0.122. The van der Waals surface area contributed by atoms with E-state index in [4.69, 9.17) is 21.1 Å². The van der Waals surface area contributed by atoms with E-state index in [1.165, 1.54) is 32.4 Å². The van der Waals surface area contributed by atoms with Gasteiger partial charge in [-0.25, -0.2) is 9.59 Å². The number of carbonyl (C=O) groups excluding carboxylic acids is 3. The van der Waals surface area contributed by atoms with Crippen LogP contribution in [0.4, 0.5) is 5.69 Å². The first kappa shape index (κ1) is 21.2. The molecule has 0 spiro atoms. The van der Waals surface area contributed by atoms with E-state index in [0.29, 0.717) is 10.8 Å². The third-order valence-electron chi connectivity index (χ3n) is 3.92. The van der Waals surface area contributed by atoms with E-state index in [9.17, 15) is 14.4 Å². The van der Waals surface area contributed by atoms with Gasteiger partial charge in [0.05, 0.1) is 31.0 Å². The van der Waals surface area contributed by atoms with Gasteiger partial charge in [-0.15, -0.1) is 0 Å². The predicted molar refractivity (Wildman–Crippen MR) is 104 cm³/mol. The van der Waals surface area contributed by atoms with Crippen molar-refractivity contribution in [2.75, 3.05) is 19.5 Å². The molecule has 2 rings (SSSR count). The Labute approximate surface area is 167 Å². The molecule has 0 aliphatic rings. The van der Waals surface area contributed by atoms with Crippen molar-refractivity contribution in [1.82, 2.24) is 0 Å². The molecule has 1 atom stereocenters. The van der Waals surface area contributed by atoms with Gasteiger partial charge < -0.3 is 19.5 Å². The van der Waals surface area contributed by atoms with Gasteiger partial charge in [0.25, 0.3) is 5.91 Å². The number of hydrogen-bond acceptors (Lipinski definition) is 6. The summed E-state index contributed by atoms with van der Waals surface area (Å²) in [6, 6.07) is 9.16. The van der Waals surface area contributed by atoms with E-state index in [0.717, 1.165) is 5.56 Å². The van der Waals surface area contributed by atoms with Gasteiger partial charge in [0, 0.05) is 5.02 Å². The highest BCUT2D eigenvalue weighted by molar-refractivity contribution is 6.31. The summed E-state index contributed by atoms with van der Waals surface area (Å²) in [6.07, 6.45) is -0.882. The van der Waals surface area contributed by atoms with Gasteiger partial charge >= 0.3 is 11.9 Å². The SMILES string of the molecule is COC(=O)c1ccc(C(=O)OC)c(NC(=O)[C@H](C)Oc2ccc(Cl)c(C)c2)c1. The number of carbonyl (C=O) groups is 3. The van der Waals surface area contributed by atoms with Crippen molar-refractivity contribution in [3.63, 3.8) is 0 Å². The number of methoxy groups -OCH3 is 2. The van der Waals surface area contributed by atoms with Gasteiger partial charge in [0.1, 0.15) is 5.75 Å². The number of anilines is 1.